The Bertz CT molecular complexity index is 198. The van der Waals surface area contributed by atoms with Crippen LogP contribution in [0.15, 0.2) is 0 Å². The topological polar surface area (TPSA) is 40.6 Å². The van der Waals surface area contributed by atoms with E-state index in [9.17, 15) is 9.59 Å². The lowest BCUT2D eigenvalue weighted by atomic mass is 10.2. The molecule has 0 unspecified atom stereocenters. The molecule has 0 aromatic carbocycles. The van der Waals surface area contributed by atoms with Gasteiger partial charge in [0.1, 0.15) is 0 Å². The number of nitrogens with zero attached hydrogens (tertiary/aromatic N) is 2. The van der Waals surface area contributed by atoms with Gasteiger partial charge in [-0.25, -0.2) is 0 Å². The first kappa shape index (κ1) is 12.9. The van der Waals surface area contributed by atoms with Crippen LogP contribution in [0.25, 0.3) is 0 Å². The standard InChI is InChI=1S/C10H19N2O2/c1-5-12(6-2)10(14)8-7-9(13)11(3)4/h8H,5-7H2,1-4H3. The lowest BCUT2D eigenvalue weighted by Crippen LogP contribution is -2.32. The molecule has 0 spiro atoms. The molecule has 0 aromatic rings. The number of carbonyl (C=O) groups excluding carboxylic acids is 2. The van der Waals surface area contributed by atoms with Crippen LogP contribution in [0.3, 0.4) is 0 Å². The van der Waals surface area contributed by atoms with E-state index in [1.807, 2.05) is 13.8 Å². The Hall–Kier alpha value is -1.06. The Morgan fingerprint density at radius 2 is 1.64 bits per heavy atom. The van der Waals surface area contributed by atoms with Crippen LogP contribution in [-0.4, -0.2) is 48.8 Å². The van der Waals surface area contributed by atoms with E-state index in [4.69, 9.17) is 0 Å². The Morgan fingerprint density at radius 3 is 2.00 bits per heavy atom. The fourth-order valence-corrected chi connectivity index (χ4v) is 1.02. The van der Waals surface area contributed by atoms with Gasteiger partial charge in [0.15, 0.2) is 0 Å². The summed E-state index contributed by atoms with van der Waals surface area (Å²) in [6, 6.07) is 0. The summed E-state index contributed by atoms with van der Waals surface area (Å²) in [7, 11) is 3.36. The molecule has 0 rings (SSSR count). The van der Waals surface area contributed by atoms with E-state index in [1.165, 1.54) is 11.3 Å². The van der Waals surface area contributed by atoms with Gasteiger partial charge in [-0.15, -0.1) is 0 Å². The number of hydrogen-bond donors (Lipinski definition) is 0. The molecular weight excluding hydrogens is 180 g/mol. The molecule has 0 saturated heterocycles. The van der Waals surface area contributed by atoms with Crippen LogP contribution in [0.5, 0.6) is 0 Å². The van der Waals surface area contributed by atoms with Crippen molar-refractivity contribution in [3.8, 4) is 0 Å². The van der Waals surface area contributed by atoms with Crippen molar-refractivity contribution < 1.29 is 9.59 Å². The normalized spacial score (nSPS) is 9.71. The molecule has 0 aliphatic carbocycles. The van der Waals surface area contributed by atoms with Gasteiger partial charge in [-0.05, 0) is 13.8 Å². The molecule has 0 aromatic heterocycles. The fraction of sp³-hybridized carbons (Fsp3) is 0.700. The van der Waals surface area contributed by atoms with Gasteiger partial charge >= 0.3 is 0 Å². The van der Waals surface area contributed by atoms with Crippen LogP contribution in [0, 0.1) is 6.42 Å². The molecule has 0 bridgehead atoms. The van der Waals surface area contributed by atoms with Gasteiger partial charge in [0, 0.05) is 33.6 Å². The summed E-state index contributed by atoms with van der Waals surface area (Å²) >= 11 is 0. The molecular formula is C10H19N2O2. The van der Waals surface area contributed by atoms with E-state index in [1.54, 1.807) is 19.0 Å². The highest BCUT2D eigenvalue weighted by molar-refractivity contribution is 5.90. The number of hydrogen-bond acceptors (Lipinski definition) is 2. The van der Waals surface area contributed by atoms with Gasteiger partial charge in [-0.2, -0.15) is 0 Å². The zero-order valence-electron chi connectivity index (χ0n) is 9.41. The quantitative estimate of drug-likeness (QED) is 0.648. The van der Waals surface area contributed by atoms with Crippen LogP contribution >= 0.6 is 0 Å². The second kappa shape index (κ2) is 6.40. The summed E-state index contributed by atoms with van der Waals surface area (Å²) in [5.41, 5.74) is 0. The van der Waals surface area contributed by atoms with E-state index in [2.05, 4.69) is 0 Å². The number of rotatable bonds is 5. The molecule has 81 valence electrons. The van der Waals surface area contributed by atoms with Gasteiger partial charge in [0.05, 0.1) is 6.42 Å². The first-order chi connectivity index (χ1) is 6.52. The Balaban J connectivity index is 3.89. The van der Waals surface area contributed by atoms with Gasteiger partial charge in [0.2, 0.25) is 11.8 Å². The molecule has 4 heteroatoms. The Labute approximate surface area is 85.9 Å². The van der Waals surface area contributed by atoms with Crippen molar-refractivity contribution in [1.82, 2.24) is 9.80 Å². The molecule has 1 radical (unpaired) electrons. The minimum absolute atomic E-state index is 0.0505. The van der Waals surface area contributed by atoms with Crippen molar-refractivity contribution in [1.29, 1.82) is 0 Å². The van der Waals surface area contributed by atoms with Crippen molar-refractivity contribution in [3.63, 3.8) is 0 Å². The monoisotopic (exact) mass is 199 g/mol. The minimum Gasteiger partial charge on any atom is -0.349 e. The van der Waals surface area contributed by atoms with E-state index in [0.29, 0.717) is 13.1 Å². The summed E-state index contributed by atoms with van der Waals surface area (Å²) in [4.78, 5) is 25.8. The Kier molecular flexibility index (Phi) is 5.92. The smallest absolute Gasteiger partial charge is 0.227 e. The number of carbonyl (C=O) groups is 2. The maximum atomic E-state index is 11.4. The minimum atomic E-state index is -0.0646. The van der Waals surface area contributed by atoms with Gasteiger partial charge < -0.3 is 9.80 Å². The van der Waals surface area contributed by atoms with E-state index in [0.717, 1.165) is 0 Å². The van der Waals surface area contributed by atoms with Crippen LogP contribution in [0.1, 0.15) is 20.3 Å². The highest BCUT2D eigenvalue weighted by Gasteiger charge is 2.12. The lowest BCUT2D eigenvalue weighted by molar-refractivity contribution is -0.132. The Morgan fingerprint density at radius 1 is 1.14 bits per heavy atom. The molecule has 2 amide bonds. The second-order valence-electron chi connectivity index (χ2n) is 3.21. The zero-order valence-corrected chi connectivity index (χ0v) is 9.41. The molecule has 0 atom stereocenters. The third kappa shape index (κ3) is 4.25. The van der Waals surface area contributed by atoms with Crippen molar-refractivity contribution in [2.75, 3.05) is 27.2 Å². The van der Waals surface area contributed by atoms with Crippen molar-refractivity contribution in [3.05, 3.63) is 6.42 Å². The molecule has 0 aliphatic rings. The van der Waals surface area contributed by atoms with Crippen LogP contribution in [-0.2, 0) is 9.59 Å². The number of amides is 2. The maximum Gasteiger partial charge on any atom is 0.227 e. The van der Waals surface area contributed by atoms with E-state index in [-0.39, 0.29) is 18.2 Å². The molecule has 0 fully saturated rings. The molecule has 0 N–H and O–H groups in total. The molecule has 0 heterocycles. The summed E-state index contributed by atoms with van der Waals surface area (Å²) in [6.45, 7) is 5.20. The molecule has 14 heavy (non-hydrogen) atoms. The van der Waals surface area contributed by atoms with E-state index >= 15 is 0 Å². The predicted molar refractivity (Wildman–Crippen MR) is 55.5 cm³/mol. The highest BCUT2D eigenvalue weighted by atomic mass is 16.2. The highest BCUT2D eigenvalue weighted by Crippen LogP contribution is 1.98. The van der Waals surface area contributed by atoms with Crippen molar-refractivity contribution >= 4 is 11.8 Å². The van der Waals surface area contributed by atoms with Crippen LogP contribution in [0.2, 0.25) is 0 Å². The van der Waals surface area contributed by atoms with Crippen LogP contribution in [0.4, 0.5) is 0 Å². The average molecular weight is 199 g/mol. The van der Waals surface area contributed by atoms with Crippen molar-refractivity contribution in [2.45, 2.75) is 20.3 Å². The first-order valence-corrected chi connectivity index (χ1v) is 4.85. The molecule has 4 nitrogen and oxygen atoms in total. The summed E-state index contributed by atoms with van der Waals surface area (Å²) in [5, 5.41) is 0. The zero-order chi connectivity index (χ0) is 11.1. The lowest BCUT2D eigenvalue weighted by Gasteiger charge is -2.18. The molecule has 0 saturated carbocycles. The van der Waals surface area contributed by atoms with Gasteiger partial charge in [0.25, 0.3) is 0 Å². The first-order valence-electron chi connectivity index (χ1n) is 4.85. The van der Waals surface area contributed by atoms with Crippen molar-refractivity contribution in [2.24, 2.45) is 0 Å². The van der Waals surface area contributed by atoms with Gasteiger partial charge in [-0.1, -0.05) is 0 Å². The summed E-state index contributed by atoms with van der Waals surface area (Å²) in [6.07, 6.45) is 1.62. The predicted octanol–water partition coefficient (Wildman–Crippen LogP) is 0.537. The summed E-state index contributed by atoms with van der Waals surface area (Å²) < 4.78 is 0. The largest absolute Gasteiger partial charge is 0.349 e. The average Bonchev–Trinajstić information content (AvgIpc) is 2.15. The van der Waals surface area contributed by atoms with E-state index < -0.39 is 0 Å². The maximum absolute atomic E-state index is 11.4. The molecule has 0 aliphatic heterocycles. The fourth-order valence-electron chi connectivity index (χ4n) is 1.02. The SMILES string of the molecule is CCN(CC)C(=O)[CH]CC(=O)N(C)C. The summed E-state index contributed by atoms with van der Waals surface area (Å²) in [5.74, 6) is -0.115. The third-order valence-corrected chi connectivity index (χ3v) is 2.03. The van der Waals surface area contributed by atoms with Gasteiger partial charge in [-0.3, -0.25) is 9.59 Å². The third-order valence-electron chi connectivity index (χ3n) is 2.03. The van der Waals surface area contributed by atoms with Crippen LogP contribution < -0.4 is 0 Å². The second-order valence-corrected chi connectivity index (χ2v) is 3.21.